The smallest absolute Gasteiger partial charge is 0.282 e. The topological polar surface area (TPSA) is 76.7 Å². The van der Waals surface area contributed by atoms with Crippen molar-refractivity contribution in [1.29, 1.82) is 0 Å². The number of benzene rings is 4. The van der Waals surface area contributed by atoms with Crippen LogP contribution in [0.1, 0.15) is 42.3 Å². The van der Waals surface area contributed by atoms with Gasteiger partial charge in [-0.2, -0.15) is 9.78 Å². The van der Waals surface area contributed by atoms with Crippen molar-refractivity contribution >= 4 is 27.9 Å². The minimum Gasteiger partial charge on any atom is -0.507 e. The molecule has 1 N–H and O–H groups in total. The Hall–Kier alpha value is -4.45. The molecule has 1 heterocycles. The molecular formula is C30H27N3O3. The second-order valence-electron chi connectivity index (χ2n) is 9.11. The van der Waals surface area contributed by atoms with Gasteiger partial charge in [-0.25, -0.2) is 4.98 Å². The molecule has 1 aromatic heterocycles. The Labute approximate surface area is 209 Å². The number of phenols is 1. The summed E-state index contributed by atoms with van der Waals surface area (Å²) < 4.78 is 7.44. The number of fused-ring (bicyclic) bond motifs is 2. The third kappa shape index (κ3) is 4.45. The minimum absolute atomic E-state index is 0.0573. The van der Waals surface area contributed by atoms with Gasteiger partial charge >= 0.3 is 0 Å². The molecule has 0 amide bonds. The van der Waals surface area contributed by atoms with E-state index in [0.29, 0.717) is 22.3 Å². The van der Waals surface area contributed by atoms with Crippen LogP contribution in [0.4, 0.5) is 0 Å². The van der Waals surface area contributed by atoms with Crippen molar-refractivity contribution in [2.45, 2.75) is 33.3 Å². The van der Waals surface area contributed by atoms with Crippen LogP contribution < -0.4 is 10.3 Å². The number of aromatic nitrogens is 2. The molecule has 0 saturated heterocycles. The van der Waals surface area contributed by atoms with E-state index in [1.165, 1.54) is 10.9 Å². The third-order valence-electron chi connectivity index (χ3n) is 6.21. The first kappa shape index (κ1) is 23.3. The SMILES string of the molecule is Cc1ccc(OCc2nc3ccccc3c(=O)n2/N=C/c2c(O)ccc3ccccc23)c(C(C)C)c1. The zero-order valence-corrected chi connectivity index (χ0v) is 20.5. The molecule has 4 aromatic carbocycles. The third-order valence-corrected chi connectivity index (χ3v) is 6.21. The van der Waals surface area contributed by atoms with E-state index in [1.54, 1.807) is 24.3 Å². The summed E-state index contributed by atoms with van der Waals surface area (Å²) in [5.41, 5.74) is 3.05. The number of phenolic OH excluding ortho intramolecular Hbond substituents is 1. The van der Waals surface area contributed by atoms with Crippen LogP contribution in [0.25, 0.3) is 21.7 Å². The van der Waals surface area contributed by atoms with E-state index in [0.717, 1.165) is 27.6 Å². The molecule has 0 aliphatic rings. The summed E-state index contributed by atoms with van der Waals surface area (Å²) in [6.07, 6.45) is 1.50. The zero-order valence-electron chi connectivity index (χ0n) is 20.5. The molecule has 180 valence electrons. The molecule has 0 aliphatic carbocycles. The molecule has 0 atom stereocenters. The van der Waals surface area contributed by atoms with Crippen LogP contribution in [0.15, 0.2) is 88.8 Å². The van der Waals surface area contributed by atoms with Crippen molar-refractivity contribution < 1.29 is 9.84 Å². The first-order chi connectivity index (χ1) is 17.4. The van der Waals surface area contributed by atoms with Gasteiger partial charge in [-0.15, -0.1) is 0 Å². The van der Waals surface area contributed by atoms with Gasteiger partial charge in [-0.3, -0.25) is 4.79 Å². The normalized spacial score (nSPS) is 11.7. The number of aryl methyl sites for hydroxylation is 1. The van der Waals surface area contributed by atoms with Crippen LogP contribution >= 0.6 is 0 Å². The first-order valence-electron chi connectivity index (χ1n) is 11.9. The number of hydrogen-bond donors (Lipinski definition) is 1. The highest BCUT2D eigenvalue weighted by Crippen LogP contribution is 2.28. The van der Waals surface area contributed by atoms with Gasteiger partial charge in [0.15, 0.2) is 5.82 Å². The van der Waals surface area contributed by atoms with Gasteiger partial charge in [0, 0.05) is 5.56 Å². The van der Waals surface area contributed by atoms with Gasteiger partial charge in [-0.05, 0) is 53.4 Å². The predicted octanol–water partition coefficient (Wildman–Crippen LogP) is 6.15. The average Bonchev–Trinajstić information content (AvgIpc) is 2.88. The molecule has 0 unspecified atom stereocenters. The van der Waals surface area contributed by atoms with Crippen molar-refractivity contribution in [3.05, 3.63) is 112 Å². The van der Waals surface area contributed by atoms with E-state index in [-0.39, 0.29) is 23.8 Å². The number of ether oxygens (including phenoxy) is 1. The van der Waals surface area contributed by atoms with Gasteiger partial charge in [0.2, 0.25) is 0 Å². The fourth-order valence-corrected chi connectivity index (χ4v) is 4.31. The maximum Gasteiger partial charge on any atom is 0.282 e. The summed E-state index contributed by atoms with van der Waals surface area (Å²) in [7, 11) is 0. The molecule has 0 aliphatic heterocycles. The summed E-state index contributed by atoms with van der Waals surface area (Å²) in [4.78, 5) is 18.1. The monoisotopic (exact) mass is 477 g/mol. The lowest BCUT2D eigenvalue weighted by molar-refractivity contribution is 0.285. The molecule has 0 saturated carbocycles. The highest BCUT2D eigenvalue weighted by molar-refractivity contribution is 6.02. The molecule has 36 heavy (non-hydrogen) atoms. The van der Waals surface area contributed by atoms with E-state index >= 15 is 0 Å². The highest BCUT2D eigenvalue weighted by Gasteiger charge is 2.14. The Morgan fingerprint density at radius 1 is 1.00 bits per heavy atom. The molecular weight excluding hydrogens is 450 g/mol. The van der Waals surface area contributed by atoms with Gasteiger partial charge in [0.25, 0.3) is 5.56 Å². The first-order valence-corrected chi connectivity index (χ1v) is 11.9. The average molecular weight is 478 g/mol. The maximum atomic E-state index is 13.4. The van der Waals surface area contributed by atoms with E-state index in [2.05, 4.69) is 31.9 Å². The van der Waals surface area contributed by atoms with Crippen molar-refractivity contribution in [3.63, 3.8) is 0 Å². The Bertz CT molecular complexity index is 1670. The van der Waals surface area contributed by atoms with E-state index in [1.807, 2.05) is 48.5 Å². The Kier molecular flexibility index (Phi) is 6.25. The summed E-state index contributed by atoms with van der Waals surface area (Å²) in [5.74, 6) is 1.47. The van der Waals surface area contributed by atoms with Crippen LogP contribution in [0.5, 0.6) is 11.5 Å². The lowest BCUT2D eigenvalue weighted by Crippen LogP contribution is -2.23. The molecule has 0 bridgehead atoms. The standard InChI is InChI=1S/C30H27N3O3/c1-19(2)24-16-20(3)12-15-28(24)36-18-29-32-26-11-7-6-10-23(26)30(35)33(29)31-17-25-22-9-5-4-8-21(22)13-14-27(25)34/h4-17,19,34H,18H2,1-3H3/b31-17+. The zero-order chi connectivity index (χ0) is 25.2. The Balaban J connectivity index is 1.60. The van der Waals surface area contributed by atoms with Gasteiger partial charge < -0.3 is 9.84 Å². The van der Waals surface area contributed by atoms with Crippen LogP contribution in [0, 0.1) is 6.92 Å². The number of aromatic hydroxyl groups is 1. The van der Waals surface area contributed by atoms with Crippen molar-refractivity contribution in [1.82, 2.24) is 9.66 Å². The van der Waals surface area contributed by atoms with Crippen LogP contribution in [0.3, 0.4) is 0 Å². The molecule has 0 spiro atoms. The van der Waals surface area contributed by atoms with E-state index < -0.39 is 0 Å². The summed E-state index contributed by atoms with van der Waals surface area (Å²) >= 11 is 0. The second kappa shape index (κ2) is 9.66. The number of rotatable bonds is 6. The lowest BCUT2D eigenvalue weighted by atomic mass is 10.00. The Morgan fingerprint density at radius 2 is 1.75 bits per heavy atom. The summed E-state index contributed by atoms with van der Waals surface area (Å²) in [6, 6.07) is 24.4. The largest absolute Gasteiger partial charge is 0.507 e. The molecule has 6 heteroatoms. The van der Waals surface area contributed by atoms with Crippen molar-refractivity contribution in [3.8, 4) is 11.5 Å². The van der Waals surface area contributed by atoms with Crippen molar-refractivity contribution in [2.24, 2.45) is 5.10 Å². The maximum absolute atomic E-state index is 13.4. The van der Waals surface area contributed by atoms with Gasteiger partial charge in [-0.1, -0.05) is 74.0 Å². The number of hydrogen-bond acceptors (Lipinski definition) is 5. The molecule has 0 radical (unpaired) electrons. The molecule has 5 aromatic rings. The van der Waals surface area contributed by atoms with Crippen LogP contribution in [0.2, 0.25) is 0 Å². The summed E-state index contributed by atoms with van der Waals surface area (Å²) in [6.45, 7) is 6.34. The van der Waals surface area contributed by atoms with E-state index in [4.69, 9.17) is 9.72 Å². The van der Waals surface area contributed by atoms with Gasteiger partial charge in [0.05, 0.1) is 17.1 Å². The predicted molar refractivity (Wildman–Crippen MR) is 144 cm³/mol. The van der Waals surface area contributed by atoms with E-state index in [9.17, 15) is 9.90 Å². The lowest BCUT2D eigenvalue weighted by Gasteiger charge is -2.16. The fraction of sp³-hybridized carbons (Fsp3) is 0.167. The molecule has 6 nitrogen and oxygen atoms in total. The molecule has 0 fully saturated rings. The second-order valence-corrected chi connectivity index (χ2v) is 9.11. The number of para-hydroxylation sites is 1. The highest BCUT2D eigenvalue weighted by atomic mass is 16.5. The van der Waals surface area contributed by atoms with Crippen molar-refractivity contribution in [2.75, 3.05) is 0 Å². The van der Waals surface area contributed by atoms with Crippen LogP contribution in [-0.2, 0) is 6.61 Å². The fourth-order valence-electron chi connectivity index (χ4n) is 4.31. The van der Waals surface area contributed by atoms with Crippen LogP contribution in [-0.4, -0.2) is 21.0 Å². The number of nitrogens with zero attached hydrogens (tertiary/aromatic N) is 3. The minimum atomic E-state index is -0.303. The Morgan fingerprint density at radius 3 is 2.56 bits per heavy atom. The quantitative estimate of drug-likeness (QED) is 0.298. The summed E-state index contributed by atoms with van der Waals surface area (Å²) in [5, 5.41) is 17.3. The molecule has 5 rings (SSSR count). The van der Waals surface area contributed by atoms with Gasteiger partial charge in [0.1, 0.15) is 18.1 Å².